The molecule has 0 saturated carbocycles. The second-order valence-electron chi connectivity index (χ2n) is 6.37. The zero-order valence-electron chi connectivity index (χ0n) is 14.2. The Bertz CT molecular complexity index is 736. The highest BCUT2D eigenvalue weighted by Gasteiger charge is 2.45. The predicted octanol–water partition coefficient (Wildman–Crippen LogP) is 1.46. The molecule has 0 unspecified atom stereocenters. The normalized spacial score (nSPS) is 29.1. The van der Waals surface area contributed by atoms with E-state index in [1.165, 1.54) is 5.56 Å². The molecule has 0 amide bonds. The Morgan fingerprint density at radius 1 is 1.08 bits per heavy atom. The van der Waals surface area contributed by atoms with Crippen LogP contribution in [0.15, 0.2) is 24.3 Å². The first-order chi connectivity index (χ1) is 12.4. The average Bonchev–Trinajstić information content (AvgIpc) is 3.01. The van der Waals surface area contributed by atoms with E-state index in [9.17, 15) is 20.4 Å². The van der Waals surface area contributed by atoms with Crippen LogP contribution < -0.4 is 0 Å². The van der Waals surface area contributed by atoms with Gasteiger partial charge in [0.15, 0.2) is 0 Å². The molecule has 6 nitrogen and oxygen atoms in total. The van der Waals surface area contributed by atoms with E-state index in [0.29, 0.717) is 21.5 Å². The van der Waals surface area contributed by atoms with Crippen molar-refractivity contribution in [2.75, 3.05) is 6.61 Å². The lowest BCUT2D eigenvalue weighted by molar-refractivity contribution is -0.231. The molecule has 1 fully saturated rings. The van der Waals surface area contributed by atoms with Crippen molar-refractivity contribution in [2.45, 2.75) is 50.3 Å². The molecule has 3 rings (SSSR count). The number of hydrogen-bond donors (Lipinski definition) is 4. The Morgan fingerprint density at radius 3 is 2.35 bits per heavy atom. The van der Waals surface area contributed by atoms with E-state index in [2.05, 4.69) is 24.0 Å². The van der Waals surface area contributed by atoms with Crippen LogP contribution in [0.25, 0.3) is 0 Å². The number of thiazole rings is 1. The average molecular weight is 400 g/mol. The molecule has 0 bridgehead atoms. The van der Waals surface area contributed by atoms with Crippen LogP contribution in [0.5, 0.6) is 0 Å². The molecular formula is C18H22ClNO5S. The number of aliphatic hydroxyl groups excluding tert-OH is 4. The van der Waals surface area contributed by atoms with Gasteiger partial charge in [0.25, 0.3) is 0 Å². The fourth-order valence-electron chi connectivity index (χ4n) is 2.97. The number of aliphatic hydroxyl groups is 4. The SMILES string of the molecule is CCc1ccc(Cc2nc([C@@H]3O[C@H](CO)[C@@H](O)[C@H](O)[C@H]3O)sc2Cl)cc1. The van der Waals surface area contributed by atoms with Crippen molar-refractivity contribution in [2.24, 2.45) is 0 Å². The van der Waals surface area contributed by atoms with Crippen LogP contribution in [0, 0.1) is 0 Å². The number of nitrogens with zero attached hydrogens (tertiary/aromatic N) is 1. The highest BCUT2D eigenvalue weighted by molar-refractivity contribution is 7.16. The second-order valence-corrected chi connectivity index (χ2v) is 8.00. The summed E-state index contributed by atoms with van der Waals surface area (Å²) in [5.41, 5.74) is 2.97. The number of rotatable bonds is 5. The maximum atomic E-state index is 10.2. The highest BCUT2D eigenvalue weighted by atomic mass is 35.5. The zero-order valence-corrected chi connectivity index (χ0v) is 15.8. The van der Waals surface area contributed by atoms with Gasteiger partial charge in [0.2, 0.25) is 0 Å². The quantitative estimate of drug-likeness (QED) is 0.607. The molecule has 1 aromatic carbocycles. The molecule has 2 heterocycles. The monoisotopic (exact) mass is 399 g/mol. The third kappa shape index (κ3) is 3.94. The fourth-order valence-corrected chi connectivity index (χ4v) is 4.21. The van der Waals surface area contributed by atoms with Gasteiger partial charge in [-0.25, -0.2) is 4.98 Å². The van der Waals surface area contributed by atoms with Crippen LogP contribution >= 0.6 is 22.9 Å². The molecule has 142 valence electrons. The first-order valence-corrected chi connectivity index (χ1v) is 9.67. The van der Waals surface area contributed by atoms with Crippen LogP contribution in [0.2, 0.25) is 4.34 Å². The van der Waals surface area contributed by atoms with Crippen LogP contribution in [0.1, 0.15) is 34.9 Å². The van der Waals surface area contributed by atoms with E-state index in [1.54, 1.807) is 0 Å². The Hall–Kier alpha value is -1.06. The summed E-state index contributed by atoms with van der Waals surface area (Å²) < 4.78 is 6.03. The fraction of sp³-hybridized carbons (Fsp3) is 0.500. The second kappa shape index (κ2) is 8.31. The van der Waals surface area contributed by atoms with Crippen molar-refractivity contribution >= 4 is 22.9 Å². The van der Waals surface area contributed by atoms with Crippen molar-refractivity contribution in [3.63, 3.8) is 0 Å². The van der Waals surface area contributed by atoms with E-state index in [0.717, 1.165) is 23.3 Å². The molecular weight excluding hydrogens is 378 g/mol. The molecule has 26 heavy (non-hydrogen) atoms. The number of aromatic nitrogens is 1. The van der Waals surface area contributed by atoms with Crippen molar-refractivity contribution in [1.29, 1.82) is 0 Å². The summed E-state index contributed by atoms with van der Waals surface area (Å²) in [6.07, 6.45) is -4.59. The molecule has 4 N–H and O–H groups in total. The van der Waals surface area contributed by atoms with E-state index < -0.39 is 37.1 Å². The van der Waals surface area contributed by atoms with Gasteiger partial charge < -0.3 is 25.2 Å². The Kier molecular flexibility index (Phi) is 6.29. The van der Waals surface area contributed by atoms with Gasteiger partial charge in [-0.05, 0) is 17.5 Å². The van der Waals surface area contributed by atoms with E-state index in [4.69, 9.17) is 16.3 Å². The van der Waals surface area contributed by atoms with Crippen LogP contribution in [-0.2, 0) is 17.6 Å². The minimum absolute atomic E-state index is 0.409. The first-order valence-electron chi connectivity index (χ1n) is 8.48. The molecule has 1 aromatic heterocycles. The standard InChI is InChI=1S/C18H22ClNO5S/c1-2-9-3-5-10(6-4-9)7-11-17(19)26-18(20-11)16-15(24)14(23)13(22)12(8-21)25-16/h3-6,12-16,21-24H,2,7-8H2,1H3/t12-,13-,14+,15-,16-/m1/s1. The molecule has 0 spiro atoms. The van der Waals surface area contributed by atoms with Crippen LogP contribution in [0.3, 0.4) is 0 Å². The van der Waals surface area contributed by atoms with E-state index in [-0.39, 0.29) is 0 Å². The molecule has 0 radical (unpaired) electrons. The summed E-state index contributed by atoms with van der Waals surface area (Å²) in [5.74, 6) is 0. The minimum Gasteiger partial charge on any atom is -0.394 e. The third-order valence-electron chi connectivity index (χ3n) is 4.60. The molecule has 1 aliphatic heterocycles. The lowest BCUT2D eigenvalue weighted by Crippen LogP contribution is -2.55. The summed E-state index contributed by atoms with van der Waals surface area (Å²) in [6.45, 7) is 1.62. The molecule has 5 atom stereocenters. The lowest BCUT2D eigenvalue weighted by Gasteiger charge is -2.39. The summed E-state index contributed by atoms with van der Waals surface area (Å²) in [4.78, 5) is 4.48. The van der Waals surface area contributed by atoms with Crippen LogP contribution in [0.4, 0.5) is 0 Å². The largest absolute Gasteiger partial charge is 0.394 e. The number of aryl methyl sites for hydroxylation is 1. The smallest absolute Gasteiger partial charge is 0.138 e. The lowest BCUT2D eigenvalue weighted by atomic mass is 9.95. The van der Waals surface area contributed by atoms with Gasteiger partial charge in [-0.1, -0.05) is 42.8 Å². The summed E-state index contributed by atoms with van der Waals surface area (Å²) >= 11 is 7.48. The topological polar surface area (TPSA) is 103 Å². The minimum atomic E-state index is -1.43. The van der Waals surface area contributed by atoms with Crippen molar-refractivity contribution < 1.29 is 25.2 Å². The maximum Gasteiger partial charge on any atom is 0.138 e. The maximum absolute atomic E-state index is 10.2. The zero-order chi connectivity index (χ0) is 18.8. The molecule has 1 aliphatic rings. The molecule has 1 saturated heterocycles. The Balaban J connectivity index is 1.80. The van der Waals surface area contributed by atoms with Crippen molar-refractivity contribution in [3.05, 3.63) is 50.4 Å². The molecule has 8 heteroatoms. The Morgan fingerprint density at radius 2 is 1.73 bits per heavy atom. The van der Waals surface area contributed by atoms with Crippen molar-refractivity contribution in [3.8, 4) is 0 Å². The summed E-state index contributed by atoms with van der Waals surface area (Å²) in [7, 11) is 0. The van der Waals surface area contributed by atoms with E-state index >= 15 is 0 Å². The number of hydrogen-bond acceptors (Lipinski definition) is 7. The van der Waals surface area contributed by atoms with Gasteiger partial charge in [-0.2, -0.15) is 0 Å². The van der Waals surface area contributed by atoms with Crippen molar-refractivity contribution in [1.82, 2.24) is 4.98 Å². The van der Waals surface area contributed by atoms with Crippen LogP contribution in [-0.4, -0.2) is 56.4 Å². The molecule has 2 aromatic rings. The Labute approximate surface area is 160 Å². The first kappa shape index (κ1) is 19.7. The number of halogens is 1. The summed E-state index contributed by atoms with van der Waals surface area (Å²) in [5, 5.41) is 39.8. The van der Waals surface area contributed by atoms with Gasteiger partial charge in [0.1, 0.15) is 39.9 Å². The van der Waals surface area contributed by atoms with Gasteiger partial charge in [0, 0.05) is 6.42 Å². The third-order valence-corrected chi connectivity index (χ3v) is 6.00. The van der Waals surface area contributed by atoms with E-state index in [1.807, 2.05) is 12.1 Å². The highest BCUT2D eigenvalue weighted by Crippen LogP contribution is 2.37. The van der Waals surface area contributed by atoms with Gasteiger partial charge >= 0.3 is 0 Å². The number of benzene rings is 1. The van der Waals surface area contributed by atoms with Gasteiger partial charge in [0.05, 0.1) is 12.3 Å². The van der Waals surface area contributed by atoms with Gasteiger partial charge in [-0.3, -0.25) is 0 Å². The molecule has 0 aliphatic carbocycles. The predicted molar refractivity (Wildman–Crippen MR) is 98.5 cm³/mol. The number of ether oxygens (including phenoxy) is 1. The summed E-state index contributed by atoms with van der Waals surface area (Å²) in [6, 6.07) is 8.19. The van der Waals surface area contributed by atoms with Gasteiger partial charge in [-0.15, -0.1) is 11.3 Å².